The summed E-state index contributed by atoms with van der Waals surface area (Å²) < 4.78 is 30.0. The topological polar surface area (TPSA) is 70.3 Å². The first-order valence-electron chi connectivity index (χ1n) is 7.97. The van der Waals surface area contributed by atoms with Gasteiger partial charge in [0.15, 0.2) is 11.4 Å². The summed E-state index contributed by atoms with van der Waals surface area (Å²) in [5.74, 6) is 0.874. The van der Waals surface area contributed by atoms with E-state index in [-0.39, 0.29) is 11.6 Å². The highest BCUT2D eigenvalue weighted by Crippen LogP contribution is 2.38. The zero-order chi connectivity index (χ0) is 18.8. The highest BCUT2D eigenvalue weighted by molar-refractivity contribution is 6.31. The molecule has 0 N–H and O–H groups in total. The summed E-state index contributed by atoms with van der Waals surface area (Å²) in [4.78, 5) is 8.21. The van der Waals surface area contributed by atoms with Gasteiger partial charge in [-0.15, -0.1) is 0 Å². The summed E-state index contributed by atoms with van der Waals surface area (Å²) >= 11 is 5.92. The van der Waals surface area contributed by atoms with Crippen molar-refractivity contribution in [2.75, 3.05) is 7.11 Å². The van der Waals surface area contributed by atoms with Crippen LogP contribution in [-0.4, -0.2) is 22.2 Å². The molecule has 0 unspecified atom stereocenters. The number of hydrogen-bond acceptors (Lipinski definition) is 6. The lowest BCUT2D eigenvalue weighted by Crippen LogP contribution is -2.00. The zero-order valence-electron chi connectivity index (χ0n) is 14.1. The Hall–Kier alpha value is -3.19. The Kier molecular flexibility index (Phi) is 4.60. The number of hydrogen-bond donors (Lipinski definition) is 0. The second kappa shape index (κ2) is 7.20. The van der Waals surface area contributed by atoms with Gasteiger partial charge in [0, 0.05) is 24.0 Å². The maximum atomic E-state index is 13.5. The van der Waals surface area contributed by atoms with Gasteiger partial charge in [-0.05, 0) is 35.0 Å². The molecule has 0 saturated heterocycles. The summed E-state index contributed by atoms with van der Waals surface area (Å²) in [5, 5.41) is 4.62. The average Bonchev–Trinajstić information content (AvgIpc) is 3.10. The highest BCUT2D eigenvalue weighted by Gasteiger charge is 2.17. The lowest BCUT2D eigenvalue weighted by atomic mass is 10.0. The van der Waals surface area contributed by atoms with Crippen molar-refractivity contribution in [3.05, 3.63) is 65.5 Å². The SMILES string of the molecule is COc1cc2onc(OCc3ncccn3)c2cc1-c1ccc(F)c(Cl)c1. The van der Waals surface area contributed by atoms with Gasteiger partial charge in [0.25, 0.3) is 5.88 Å². The largest absolute Gasteiger partial charge is 0.496 e. The summed E-state index contributed by atoms with van der Waals surface area (Å²) in [6.07, 6.45) is 3.27. The quantitative estimate of drug-likeness (QED) is 0.497. The van der Waals surface area contributed by atoms with Gasteiger partial charge in [0.1, 0.15) is 18.2 Å². The molecule has 8 heteroatoms. The molecule has 27 heavy (non-hydrogen) atoms. The summed E-state index contributed by atoms with van der Waals surface area (Å²) in [7, 11) is 1.54. The number of ether oxygens (including phenoxy) is 2. The van der Waals surface area contributed by atoms with Crippen LogP contribution in [0.1, 0.15) is 5.82 Å². The van der Waals surface area contributed by atoms with Crippen LogP contribution in [0, 0.1) is 5.82 Å². The zero-order valence-corrected chi connectivity index (χ0v) is 14.9. The Morgan fingerprint density at radius 2 is 1.96 bits per heavy atom. The van der Waals surface area contributed by atoms with Crippen LogP contribution in [0.4, 0.5) is 4.39 Å². The van der Waals surface area contributed by atoms with E-state index in [1.807, 2.05) is 0 Å². The Morgan fingerprint density at radius 3 is 2.70 bits per heavy atom. The van der Waals surface area contributed by atoms with E-state index < -0.39 is 5.82 Å². The van der Waals surface area contributed by atoms with Crippen molar-refractivity contribution in [1.82, 2.24) is 15.1 Å². The van der Waals surface area contributed by atoms with Crippen molar-refractivity contribution >= 4 is 22.6 Å². The molecule has 0 saturated carbocycles. The molecule has 2 aromatic heterocycles. The molecule has 0 spiro atoms. The lowest BCUT2D eigenvalue weighted by molar-refractivity contribution is 0.266. The molecule has 0 aliphatic heterocycles. The lowest BCUT2D eigenvalue weighted by Gasteiger charge is -2.09. The Labute approximate surface area is 158 Å². The van der Waals surface area contributed by atoms with Crippen LogP contribution in [0.2, 0.25) is 5.02 Å². The molecular weight excluding hydrogens is 373 g/mol. The minimum atomic E-state index is -0.489. The van der Waals surface area contributed by atoms with Gasteiger partial charge in [-0.3, -0.25) is 0 Å². The van der Waals surface area contributed by atoms with Gasteiger partial charge < -0.3 is 14.0 Å². The van der Waals surface area contributed by atoms with Crippen LogP contribution >= 0.6 is 11.6 Å². The van der Waals surface area contributed by atoms with Crippen molar-refractivity contribution in [2.24, 2.45) is 0 Å². The van der Waals surface area contributed by atoms with Gasteiger partial charge in [-0.2, -0.15) is 0 Å². The monoisotopic (exact) mass is 385 g/mol. The number of halogens is 2. The van der Waals surface area contributed by atoms with Crippen LogP contribution < -0.4 is 9.47 Å². The minimum Gasteiger partial charge on any atom is -0.496 e. The molecule has 0 radical (unpaired) electrons. The van der Waals surface area contributed by atoms with E-state index in [2.05, 4.69) is 15.1 Å². The van der Waals surface area contributed by atoms with E-state index in [0.29, 0.717) is 39.6 Å². The second-order valence-electron chi connectivity index (χ2n) is 5.62. The molecule has 4 rings (SSSR count). The van der Waals surface area contributed by atoms with Crippen molar-refractivity contribution in [3.8, 4) is 22.8 Å². The molecule has 0 aliphatic rings. The Morgan fingerprint density at radius 1 is 1.15 bits per heavy atom. The molecule has 4 aromatic rings. The number of aromatic nitrogens is 3. The molecular formula is C19H13ClFN3O3. The minimum absolute atomic E-state index is 0.0256. The number of fused-ring (bicyclic) bond motifs is 1. The van der Waals surface area contributed by atoms with E-state index in [9.17, 15) is 4.39 Å². The highest BCUT2D eigenvalue weighted by atomic mass is 35.5. The van der Waals surface area contributed by atoms with E-state index in [4.69, 9.17) is 25.6 Å². The van der Waals surface area contributed by atoms with Crippen molar-refractivity contribution < 1.29 is 18.4 Å². The van der Waals surface area contributed by atoms with E-state index >= 15 is 0 Å². The Bertz CT molecular complexity index is 1100. The van der Waals surface area contributed by atoms with Crippen LogP contribution in [0.15, 0.2) is 53.3 Å². The van der Waals surface area contributed by atoms with Crippen LogP contribution in [-0.2, 0) is 6.61 Å². The first kappa shape index (κ1) is 17.2. The van der Waals surface area contributed by atoms with Crippen LogP contribution in [0.3, 0.4) is 0 Å². The number of rotatable bonds is 5. The van der Waals surface area contributed by atoms with E-state index in [1.54, 1.807) is 36.7 Å². The van der Waals surface area contributed by atoms with Crippen molar-refractivity contribution in [2.45, 2.75) is 6.61 Å². The summed E-state index contributed by atoms with van der Waals surface area (Å²) in [5.41, 5.74) is 1.89. The maximum absolute atomic E-state index is 13.5. The second-order valence-corrected chi connectivity index (χ2v) is 6.03. The molecule has 0 atom stereocenters. The smallest absolute Gasteiger partial charge is 0.262 e. The molecule has 6 nitrogen and oxygen atoms in total. The number of nitrogens with zero attached hydrogens (tertiary/aromatic N) is 3. The fourth-order valence-corrected chi connectivity index (χ4v) is 2.82. The maximum Gasteiger partial charge on any atom is 0.262 e. The third-order valence-electron chi connectivity index (χ3n) is 3.95. The van der Waals surface area contributed by atoms with Crippen molar-refractivity contribution in [3.63, 3.8) is 0 Å². The summed E-state index contributed by atoms with van der Waals surface area (Å²) in [6, 6.07) is 9.68. The number of benzene rings is 2. The summed E-state index contributed by atoms with van der Waals surface area (Å²) in [6.45, 7) is 0.145. The van der Waals surface area contributed by atoms with E-state index in [0.717, 1.165) is 0 Å². The fourth-order valence-electron chi connectivity index (χ4n) is 2.64. The van der Waals surface area contributed by atoms with Gasteiger partial charge in [-0.1, -0.05) is 17.7 Å². The molecule has 0 aliphatic carbocycles. The van der Waals surface area contributed by atoms with Crippen molar-refractivity contribution in [1.29, 1.82) is 0 Å². The predicted molar refractivity (Wildman–Crippen MR) is 97.3 cm³/mol. The first-order chi connectivity index (χ1) is 13.2. The molecule has 0 fully saturated rings. The first-order valence-corrected chi connectivity index (χ1v) is 8.35. The van der Waals surface area contributed by atoms with Gasteiger partial charge in [0.05, 0.1) is 17.5 Å². The predicted octanol–water partition coefficient (Wildman–Crippen LogP) is 4.66. The average molecular weight is 386 g/mol. The standard InChI is InChI=1S/C19H13ClFN3O3/c1-25-16-9-17-13(8-12(16)11-3-4-15(21)14(20)7-11)19(24-27-17)26-10-18-22-5-2-6-23-18/h2-9H,10H2,1H3. The third-order valence-corrected chi connectivity index (χ3v) is 4.24. The molecule has 2 aromatic carbocycles. The molecule has 136 valence electrons. The molecule has 0 bridgehead atoms. The van der Waals surface area contributed by atoms with Gasteiger partial charge in [-0.25, -0.2) is 14.4 Å². The molecule has 2 heterocycles. The molecule has 0 amide bonds. The van der Waals surface area contributed by atoms with Crippen LogP contribution in [0.5, 0.6) is 11.6 Å². The van der Waals surface area contributed by atoms with Gasteiger partial charge >= 0.3 is 0 Å². The van der Waals surface area contributed by atoms with Gasteiger partial charge in [0.2, 0.25) is 0 Å². The third kappa shape index (κ3) is 3.41. The van der Waals surface area contributed by atoms with E-state index in [1.165, 1.54) is 19.2 Å². The number of methoxy groups -OCH3 is 1. The normalized spacial score (nSPS) is 10.9. The fraction of sp³-hybridized carbons (Fsp3) is 0.105. The Balaban J connectivity index is 1.74. The van der Waals surface area contributed by atoms with Crippen LogP contribution in [0.25, 0.3) is 22.1 Å².